The van der Waals surface area contributed by atoms with E-state index >= 15 is 0 Å². The van der Waals surface area contributed by atoms with E-state index in [0.29, 0.717) is 0 Å². The predicted molar refractivity (Wildman–Crippen MR) is 95.4 cm³/mol. The van der Waals surface area contributed by atoms with E-state index in [0.717, 1.165) is 0 Å². The van der Waals surface area contributed by atoms with Gasteiger partial charge in [-0.15, -0.1) is 0 Å². The van der Waals surface area contributed by atoms with Gasteiger partial charge in [0.1, 0.15) is 12.2 Å². The summed E-state index contributed by atoms with van der Waals surface area (Å²) in [6, 6.07) is 5.66. The van der Waals surface area contributed by atoms with Gasteiger partial charge < -0.3 is 9.80 Å². The van der Waals surface area contributed by atoms with Gasteiger partial charge in [0, 0.05) is 31.7 Å². The first-order valence-electron chi connectivity index (χ1n) is 8.64. The Labute approximate surface area is 156 Å². The van der Waals surface area contributed by atoms with Crippen molar-refractivity contribution < 1.29 is 18.0 Å². The summed E-state index contributed by atoms with van der Waals surface area (Å²) in [5.41, 5.74) is 0.275. The Morgan fingerprint density at radius 1 is 1.04 bits per heavy atom. The van der Waals surface area contributed by atoms with Gasteiger partial charge in [0.2, 0.25) is 5.91 Å². The summed E-state index contributed by atoms with van der Waals surface area (Å²) in [5.74, 6) is -0.770. The highest BCUT2D eigenvalue weighted by atomic mass is 32.2. The van der Waals surface area contributed by atoms with Gasteiger partial charge in [-0.3, -0.25) is 19.3 Å². The normalized spacial score (nSPS) is 23.9. The van der Waals surface area contributed by atoms with Gasteiger partial charge in [-0.2, -0.15) is 5.10 Å². The van der Waals surface area contributed by atoms with E-state index in [1.165, 1.54) is 10.9 Å². The molecule has 0 aromatic carbocycles. The quantitative estimate of drug-likeness (QED) is 0.696. The Balaban J connectivity index is 1.58. The monoisotopic (exact) mass is 389 g/mol. The topological polar surface area (TPSA) is 105 Å². The third-order valence-corrected chi connectivity index (χ3v) is 6.70. The van der Waals surface area contributed by atoms with Gasteiger partial charge in [0.05, 0.1) is 23.6 Å². The van der Waals surface area contributed by atoms with Crippen LogP contribution in [-0.4, -0.2) is 81.5 Å². The zero-order valence-electron chi connectivity index (χ0n) is 14.5. The maximum atomic E-state index is 12.8. The van der Waals surface area contributed by atoms with E-state index in [9.17, 15) is 18.0 Å². The molecule has 2 amide bonds. The number of nitrogens with zero attached hydrogens (tertiary/aromatic N) is 5. The van der Waals surface area contributed by atoms with Gasteiger partial charge in [-0.25, -0.2) is 8.42 Å². The molecule has 0 N–H and O–H groups in total. The molecule has 2 aromatic heterocycles. The molecule has 10 heteroatoms. The van der Waals surface area contributed by atoms with Crippen LogP contribution in [0, 0.1) is 0 Å². The number of piperazine rings is 1. The molecule has 2 aliphatic heterocycles. The molecule has 2 saturated heterocycles. The number of aromatic nitrogens is 3. The molecule has 4 heterocycles. The van der Waals surface area contributed by atoms with Gasteiger partial charge in [-0.05, 0) is 18.2 Å². The maximum absolute atomic E-state index is 12.8. The fraction of sp³-hybridized carbons (Fsp3) is 0.412. The Morgan fingerprint density at radius 2 is 1.78 bits per heavy atom. The number of pyridine rings is 1. The van der Waals surface area contributed by atoms with Crippen molar-refractivity contribution in [1.82, 2.24) is 24.6 Å². The van der Waals surface area contributed by atoms with Crippen LogP contribution in [0.3, 0.4) is 0 Å². The van der Waals surface area contributed by atoms with Gasteiger partial charge in [0.15, 0.2) is 9.84 Å². The van der Waals surface area contributed by atoms with Crippen molar-refractivity contribution in [2.75, 3.05) is 24.6 Å². The second-order valence-electron chi connectivity index (χ2n) is 6.72. The first-order chi connectivity index (χ1) is 12.9. The summed E-state index contributed by atoms with van der Waals surface area (Å²) >= 11 is 0. The van der Waals surface area contributed by atoms with Crippen molar-refractivity contribution in [2.45, 2.75) is 18.6 Å². The molecular formula is C17H19N5O4S. The van der Waals surface area contributed by atoms with Crippen LogP contribution in [0.5, 0.6) is 0 Å². The number of hydrogen-bond donors (Lipinski definition) is 0. The van der Waals surface area contributed by atoms with Crippen molar-refractivity contribution in [2.24, 2.45) is 0 Å². The van der Waals surface area contributed by atoms with Gasteiger partial charge in [-0.1, -0.05) is 6.07 Å². The highest BCUT2D eigenvalue weighted by Crippen LogP contribution is 2.28. The number of sulfone groups is 1. The van der Waals surface area contributed by atoms with E-state index in [1.54, 1.807) is 46.5 Å². The second-order valence-corrected chi connectivity index (χ2v) is 8.87. The third-order valence-electron chi connectivity index (χ3n) is 5.00. The average Bonchev–Trinajstić information content (AvgIpc) is 3.26. The number of rotatable bonds is 3. The smallest absolute Gasteiger partial charge is 0.272 e. The maximum Gasteiger partial charge on any atom is 0.272 e. The first kappa shape index (κ1) is 17.7. The lowest BCUT2D eigenvalue weighted by molar-refractivity contribution is -0.137. The zero-order chi connectivity index (χ0) is 19.0. The Morgan fingerprint density at radius 3 is 2.44 bits per heavy atom. The molecule has 2 fully saturated rings. The number of fused-ring (bicyclic) bond motifs is 1. The van der Waals surface area contributed by atoms with E-state index in [2.05, 4.69) is 10.1 Å². The number of hydrogen-bond acceptors (Lipinski definition) is 6. The standard InChI is InChI=1S/C17H19N5O4S/c23-16(10-20-7-3-6-19-20)21-8-9-22(15-12-27(25,26)11-14(15)21)17(24)13-4-1-2-5-18-13/h1-7,14-15H,8-12H2/t14-,15+/m0/s1. The summed E-state index contributed by atoms with van der Waals surface area (Å²) in [7, 11) is -3.34. The van der Waals surface area contributed by atoms with Crippen LogP contribution < -0.4 is 0 Å². The second kappa shape index (κ2) is 6.76. The van der Waals surface area contributed by atoms with Crippen LogP contribution in [-0.2, 0) is 21.2 Å². The summed E-state index contributed by atoms with van der Waals surface area (Å²) in [5, 5.41) is 4.03. The largest absolute Gasteiger partial charge is 0.333 e. The minimum atomic E-state index is -3.34. The Hall–Kier alpha value is -2.75. The molecule has 2 aromatic rings. The summed E-state index contributed by atoms with van der Waals surface area (Å²) < 4.78 is 26.1. The molecular weight excluding hydrogens is 370 g/mol. The van der Waals surface area contributed by atoms with Crippen LogP contribution >= 0.6 is 0 Å². The Kier molecular flexibility index (Phi) is 4.42. The SMILES string of the molecule is O=C(c1ccccn1)N1CCN(C(=O)Cn2cccn2)[C@H]2CS(=O)(=O)C[C@H]21. The van der Waals surface area contributed by atoms with E-state index in [-0.39, 0.29) is 48.6 Å². The average molecular weight is 389 g/mol. The fourth-order valence-electron chi connectivity index (χ4n) is 3.77. The highest BCUT2D eigenvalue weighted by Gasteiger charge is 2.49. The minimum absolute atomic E-state index is 0.0461. The van der Waals surface area contributed by atoms with Crippen molar-refractivity contribution in [1.29, 1.82) is 0 Å². The van der Waals surface area contributed by atoms with Crippen LogP contribution in [0.2, 0.25) is 0 Å². The van der Waals surface area contributed by atoms with Crippen molar-refractivity contribution in [3.05, 3.63) is 48.5 Å². The summed E-state index contributed by atoms with van der Waals surface area (Å²) in [6.07, 6.45) is 4.79. The molecule has 0 saturated carbocycles. The molecule has 27 heavy (non-hydrogen) atoms. The lowest BCUT2D eigenvalue weighted by atomic mass is 10.0. The summed E-state index contributed by atoms with van der Waals surface area (Å²) in [4.78, 5) is 32.8. The van der Waals surface area contributed by atoms with Crippen LogP contribution in [0.15, 0.2) is 42.9 Å². The molecule has 142 valence electrons. The van der Waals surface area contributed by atoms with Crippen molar-refractivity contribution in [3.8, 4) is 0 Å². The molecule has 0 spiro atoms. The van der Waals surface area contributed by atoms with Crippen LogP contribution in [0.1, 0.15) is 10.5 Å². The highest BCUT2D eigenvalue weighted by molar-refractivity contribution is 7.91. The van der Waals surface area contributed by atoms with Gasteiger partial charge in [0.25, 0.3) is 5.91 Å². The molecule has 2 aliphatic rings. The van der Waals surface area contributed by atoms with Crippen LogP contribution in [0.25, 0.3) is 0 Å². The lowest BCUT2D eigenvalue weighted by Crippen LogP contribution is -2.62. The predicted octanol–water partition coefficient (Wildman–Crippen LogP) is -0.572. The van der Waals surface area contributed by atoms with Crippen molar-refractivity contribution >= 4 is 21.7 Å². The number of amides is 2. The molecule has 9 nitrogen and oxygen atoms in total. The van der Waals surface area contributed by atoms with Gasteiger partial charge >= 0.3 is 0 Å². The first-order valence-corrected chi connectivity index (χ1v) is 10.5. The lowest BCUT2D eigenvalue weighted by Gasteiger charge is -2.43. The minimum Gasteiger partial charge on any atom is -0.333 e. The molecule has 4 rings (SSSR count). The molecule has 2 atom stereocenters. The number of carbonyl (C=O) groups excluding carboxylic acids is 2. The Bertz CT molecular complexity index is 945. The molecule has 0 bridgehead atoms. The van der Waals surface area contributed by atoms with E-state index in [1.807, 2.05) is 0 Å². The van der Waals surface area contributed by atoms with Crippen LogP contribution in [0.4, 0.5) is 0 Å². The van der Waals surface area contributed by atoms with E-state index < -0.39 is 21.9 Å². The molecule has 0 unspecified atom stereocenters. The molecule has 0 aliphatic carbocycles. The molecule has 0 radical (unpaired) electrons. The zero-order valence-corrected chi connectivity index (χ0v) is 15.3. The van der Waals surface area contributed by atoms with Crippen molar-refractivity contribution in [3.63, 3.8) is 0 Å². The third kappa shape index (κ3) is 3.44. The fourth-order valence-corrected chi connectivity index (χ4v) is 5.76. The summed E-state index contributed by atoms with van der Waals surface area (Å²) in [6.45, 7) is 0.608. The van der Waals surface area contributed by atoms with E-state index in [4.69, 9.17) is 0 Å². The number of carbonyl (C=O) groups is 2.